The number of halogens is 2. The number of carbonyl (C=O) groups is 2. The molecule has 0 aliphatic rings. The van der Waals surface area contributed by atoms with Crippen molar-refractivity contribution in [2.45, 2.75) is 37.1 Å². The van der Waals surface area contributed by atoms with Crippen molar-refractivity contribution in [1.82, 2.24) is 4.72 Å². The van der Waals surface area contributed by atoms with E-state index in [-0.39, 0.29) is 29.7 Å². The van der Waals surface area contributed by atoms with E-state index in [9.17, 15) is 13.2 Å². The molecule has 0 unspecified atom stereocenters. The monoisotopic (exact) mass is 414 g/mol. The van der Waals surface area contributed by atoms with Crippen molar-refractivity contribution in [1.29, 1.82) is 0 Å². The van der Waals surface area contributed by atoms with Crippen LogP contribution in [0.25, 0.3) is 0 Å². The van der Waals surface area contributed by atoms with Gasteiger partial charge in [0.1, 0.15) is 12.3 Å². The van der Waals surface area contributed by atoms with Gasteiger partial charge in [0.15, 0.2) is 0 Å². The molecule has 0 aromatic heterocycles. The quantitative estimate of drug-likeness (QED) is 0.320. The van der Waals surface area contributed by atoms with Crippen molar-refractivity contribution in [2.24, 2.45) is 5.73 Å². The minimum Gasteiger partial charge on any atom is -0.480 e. The molecule has 0 aliphatic carbocycles. The average Bonchev–Trinajstić information content (AvgIpc) is 2.54. The molecule has 0 heterocycles. The molecule has 0 radical (unpaired) electrons. The van der Waals surface area contributed by atoms with Crippen LogP contribution in [0.2, 0.25) is 0 Å². The number of aryl methyl sites for hydroxylation is 1. The third-order valence-corrected chi connectivity index (χ3v) is 4.55. The zero-order valence-corrected chi connectivity index (χ0v) is 16.2. The summed E-state index contributed by atoms with van der Waals surface area (Å²) in [5.41, 5.74) is 6.34. The van der Waals surface area contributed by atoms with Crippen LogP contribution in [0.1, 0.15) is 24.8 Å². The predicted octanol–water partition coefficient (Wildman–Crippen LogP) is 1.70. The maximum Gasteiger partial charge on any atom is 0.320 e. The van der Waals surface area contributed by atoms with Gasteiger partial charge in [0.25, 0.3) is 0 Å². The highest BCUT2D eigenvalue weighted by Gasteiger charge is 2.13. The molecule has 0 amide bonds. The van der Waals surface area contributed by atoms with Crippen LogP contribution in [0, 0.1) is 6.92 Å². The number of nitrogens with two attached hydrogens (primary N) is 1. The zero-order valence-electron chi connectivity index (χ0n) is 13.9. The average molecular weight is 415 g/mol. The molecule has 25 heavy (non-hydrogen) atoms. The fraction of sp³-hybridized carbons (Fsp3) is 0.467. The van der Waals surface area contributed by atoms with E-state index < -0.39 is 22.0 Å². The van der Waals surface area contributed by atoms with Crippen LogP contribution in [-0.4, -0.2) is 44.2 Å². The minimum absolute atomic E-state index is 0. The van der Waals surface area contributed by atoms with Gasteiger partial charge in [0.2, 0.25) is 10.0 Å². The number of hydrogen-bond donors (Lipinski definition) is 3. The molecule has 144 valence electrons. The van der Waals surface area contributed by atoms with Crippen molar-refractivity contribution in [2.75, 3.05) is 12.4 Å². The van der Waals surface area contributed by atoms with E-state index in [1.807, 2.05) is 6.92 Å². The number of carboxylic acids is 1. The van der Waals surface area contributed by atoms with Gasteiger partial charge in [-0.05, 0) is 31.9 Å². The van der Waals surface area contributed by atoms with Gasteiger partial charge < -0.3 is 15.6 Å². The zero-order chi connectivity index (χ0) is 18.6. The molecule has 1 aromatic rings. The summed E-state index contributed by atoms with van der Waals surface area (Å²) in [5.74, 6) is -0.926. The fourth-order valence-corrected chi connectivity index (χ4v) is 2.69. The van der Waals surface area contributed by atoms with Crippen molar-refractivity contribution in [3.05, 3.63) is 29.8 Å². The van der Waals surface area contributed by atoms with E-state index >= 15 is 0 Å². The van der Waals surface area contributed by atoms with Crippen LogP contribution in [0.15, 0.2) is 29.2 Å². The van der Waals surface area contributed by atoms with Crippen molar-refractivity contribution < 1.29 is 23.1 Å². The van der Waals surface area contributed by atoms with Gasteiger partial charge in [-0.3, -0.25) is 4.79 Å². The van der Waals surface area contributed by atoms with Gasteiger partial charge >= 0.3 is 5.97 Å². The number of unbranched alkanes of at least 4 members (excludes halogenated alkanes) is 1. The molecule has 0 bridgehead atoms. The first kappa shape index (κ1) is 26.0. The lowest BCUT2D eigenvalue weighted by Gasteiger charge is -2.08. The molecule has 0 spiro atoms. The summed E-state index contributed by atoms with van der Waals surface area (Å²) in [6.07, 6.45) is 2.08. The number of benzene rings is 1. The molecular formula is C15H24Cl2N2O5S. The van der Waals surface area contributed by atoms with Crippen LogP contribution < -0.4 is 10.5 Å². The molecule has 0 fully saturated rings. The summed E-state index contributed by atoms with van der Waals surface area (Å²) >= 11 is 4.82. The Balaban J connectivity index is 0. The summed E-state index contributed by atoms with van der Waals surface area (Å²) in [6.45, 7) is 2.15. The predicted molar refractivity (Wildman–Crippen MR) is 99.9 cm³/mol. The molecule has 10 heteroatoms. The highest BCUT2D eigenvalue weighted by atomic mass is 35.5. The standard InChI is InChI=1S/C13H20N2O4S.C2H3ClO.ClH/c1-10-5-7-11(8-6-10)20(18,19)15-9-3-2-4-12(14)13(16)17;3-1-2-4;/h5-8,12,15H,2-4,9,14H2,1H3,(H,16,17);2H,1H2;1H/t12-;;/m0../s1. The molecule has 0 saturated heterocycles. The number of aldehydes is 1. The van der Waals surface area contributed by atoms with Gasteiger partial charge in [-0.25, -0.2) is 13.1 Å². The highest BCUT2D eigenvalue weighted by molar-refractivity contribution is 7.89. The number of rotatable bonds is 9. The summed E-state index contributed by atoms with van der Waals surface area (Å²) in [6, 6.07) is 5.69. The Morgan fingerprint density at radius 3 is 2.28 bits per heavy atom. The van der Waals surface area contributed by atoms with E-state index in [4.69, 9.17) is 27.2 Å². The number of carboxylic acid groups (broad SMARTS) is 1. The molecule has 4 N–H and O–H groups in total. The van der Waals surface area contributed by atoms with E-state index in [0.717, 1.165) is 5.56 Å². The fourth-order valence-electron chi connectivity index (χ4n) is 1.62. The third kappa shape index (κ3) is 11.9. The first-order valence-electron chi connectivity index (χ1n) is 7.29. The first-order chi connectivity index (χ1) is 11.2. The Kier molecular flexibility index (Phi) is 14.6. The van der Waals surface area contributed by atoms with Crippen LogP contribution in [0.5, 0.6) is 0 Å². The smallest absolute Gasteiger partial charge is 0.320 e. The van der Waals surface area contributed by atoms with E-state index in [0.29, 0.717) is 25.5 Å². The number of hydrogen-bond acceptors (Lipinski definition) is 5. The topological polar surface area (TPSA) is 127 Å². The van der Waals surface area contributed by atoms with Crippen LogP contribution >= 0.6 is 24.0 Å². The molecule has 0 saturated carbocycles. The summed E-state index contributed by atoms with van der Waals surface area (Å²) in [4.78, 5) is 19.8. The molecule has 0 aliphatic heterocycles. The SMILES string of the molecule is Cc1ccc(S(=O)(=O)NCCCC[C@H](N)C(=O)O)cc1.Cl.O=CCCl. The maximum atomic E-state index is 11.9. The Morgan fingerprint density at radius 1 is 1.32 bits per heavy atom. The molecular weight excluding hydrogens is 391 g/mol. The minimum atomic E-state index is -3.49. The van der Waals surface area contributed by atoms with Crippen molar-refractivity contribution in [3.63, 3.8) is 0 Å². The summed E-state index contributed by atoms with van der Waals surface area (Å²) in [5, 5.41) is 8.60. The second kappa shape index (κ2) is 14.0. The second-order valence-corrected chi connectivity index (χ2v) is 7.05. The lowest BCUT2D eigenvalue weighted by Crippen LogP contribution is -2.30. The number of nitrogens with one attached hydrogen (secondary N) is 1. The van der Waals surface area contributed by atoms with Crippen LogP contribution in [0.3, 0.4) is 0 Å². The van der Waals surface area contributed by atoms with Crippen molar-refractivity contribution in [3.8, 4) is 0 Å². The highest BCUT2D eigenvalue weighted by Crippen LogP contribution is 2.10. The number of sulfonamides is 1. The van der Waals surface area contributed by atoms with Gasteiger partial charge in [-0.1, -0.05) is 24.1 Å². The first-order valence-corrected chi connectivity index (χ1v) is 9.30. The Bertz CT molecular complexity index is 609. The summed E-state index contributed by atoms with van der Waals surface area (Å²) < 4.78 is 26.3. The third-order valence-electron chi connectivity index (χ3n) is 2.95. The lowest BCUT2D eigenvalue weighted by atomic mass is 10.1. The van der Waals surface area contributed by atoms with Crippen LogP contribution in [-0.2, 0) is 19.6 Å². The number of alkyl halides is 1. The second-order valence-electron chi connectivity index (χ2n) is 4.97. The molecule has 1 rings (SSSR count). The molecule has 1 aromatic carbocycles. The maximum absolute atomic E-state index is 11.9. The largest absolute Gasteiger partial charge is 0.480 e. The summed E-state index contributed by atoms with van der Waals surface area (Å²) in [7, 11) is -3.49. The normalized spacial score (nSPS) is 11.5. The Labute approximate surface area is 159 Å². The van der Waals surface area contributed by atoms with E-state index in [1.165, 1.54) is 0 Å². The van der Waals surface area contributed by atoms with Crippen molar-refractivity contribution >= 4 is 46.3 Å². The van der Waals surface area contributed by atoms with Gasteiger partial charge in [0.05, 0.1) is 10.8 Å². The number of aliphatic carboxylic acids is 1. The van der Waals surface area contributed by atoms with Gasteiger partial charge in [0, 0.05) is 6.54 Å². The Hall–Kier alpha value is -1.19. The van der Waals surface area contributed by atoms with Crippen LogP contribution in [0.4, 0.5) is 0 Å². The number of carbonyl (C=O) groups excluding carboxylic acids is 1. The Morgan fingerprint density at radius 2 is 1.84 bits per heavy atom. The van der Waals surface area contributed by atoms with E-state index in [2.05, 4.69) is 4.72 Å². The van der Waals surface area contributed by atoms with E-state index in [1.54, 1.807) is 24.3 Å². The molecule has 7 nitrogen and oxygen atoms in total. The van der Waals surface area contributed by atoms with Gasteiger partial charge in [-0.15, -0.1) is 24.0 Å². The lowest BCUT2D eigenvalue weighted by molar-refractivity contribution is -0.138. The van der Waals surface area contributed by atoms with Gasteiger partial charge in [-0.2, -0.15) is 0 Å². The molecule has 1 atom stereocenters.